The Morgan fingerprint density at radius 3 is 2.57 bits per heavy atom. The molecule has 9 heteroatoms. The second-order valence-electron chi connectivity index (χ2n) is 8.19. The first-order valence-corrected chi connectivity index (χ1v) is 14.1. The zero-order valence-corrected chi connectivity index (χ0v) is 21.9. The molecule has 1 aliphatic heterocycles. The molecule has 1 aliphatic rings. The first kappa shape index (κ1) is 23.9. The number of aromatic nitrogens is 1. The van der Waals surface area contributed by atoms with Gasteiger partial charge in [-0.2, -0.15) is 9.30 Å². The van der Waals surface area contributed by atoms with Crippen LogP contribution in [0.3, 0.4) is 0 Å². The van der Waals surface area contributed by atoms with Gasteiger partial charge in [-0.25, -0.2) is 8.42 Å². The predicted molar refractivity (Wildman–Crippen MR) is 142 cm³/mol. The Labute approximate surface area is 216 Å². The second kappa shape index (κ2) is 9.66. The van der Waals surface area contributed by atoms with Crippen LogP contribution in [0, 0.1) is 0 Å². The van der Waals surface area contributed by atoms with Crippen LogP contribution in [0.25, 0.3) is 10.2 Å². The fourth-order valence-corrected chi connectivity index (χ4v) is 7.19. The number of hydrogen-bond donors (Lipinski definition) is 0. The number of sulfonamides is 1. The standard InChI is InChI=1S/C26H22BrN3O3S2/c1-2-14-30-23-12-9-21(27)16-24(23)34-26(30)28-25(31)19-7-10-22(11-8-19)35(32,33)29-15-13-18-5-3-4-6-20(18)17-29/h2-12,16H,1,13-15,17H2. The fourth-order valence-electron chi connectivity index (χ4n) is 4.18. The quantitative estimate of drug-likeness (QED) is 0.313. The van der Waals surface area contributed by atoms with E-state index in [2.05, 4.69) is 27.5 Å². The van der Waals surface area contributed by atoms with E-state index >= 15 is 0 Å². The summed E-state index contributed by atoms with van der Waals surface area (Å²) < 4.78 is 31.8. The van der Waals surface area contributed by atoms with Crippen LogP contribution in [0.2, 0.25) is 0 Å². The van der Waals surface area contributed by atoms with Gasteiger partial charge in [-0.05, 0) is 60.0 Å². The number of halogens is 1. The van der Waals surface area contributed by atoms with Gasteiger partial charge in [-0.3, -0.25) is 4.79 Å². The Balaban J connectivity index is 1.42. The third-order valence-corrected chi connectivity index (χ3v) is 9.38. The molecule has 0 saturated carbocycles. The van der Waals surface area contributed by atoms with E-state index in [1.807, 2.05) is 47.0 Å². The molecular weight excluding hydrogens is 546 g/mol. The number of hydrogen-bond acceptors (Lipinski definition) is 4. The van der Waals surface area contributed by atoms with E-state index in [-0.39, 0.29) is 4.90 Å². The summed E-state index contributed by atoms with van der Waals surface area (Å²) >= 11 is 4.90. The SMILES string of the molecule is C=CCn1c(=NC(=O)c2ccc(S(=O)(=O)N3CCc4ccccc4C3)cc2)sc2cc(Br)ccc21. The molecule has 178 valence electrons. The highest BCUT2D eigenvalue weighted by Gasteiger charge is 2.28. The number of nitrogens with zero attached hydrogens (tertiary/aromatic N) is 3. The largest absolute Gasteiger partial charge is 0.312 e. The van der Waals surface area contributed by atoms with E-state index < -0.39 is 15.9 Å². The monoisotopic (exact) mass is 567 g/mol. The van der Waals surface area contributed by atoms with Gasteiger partial charge in [0.05, 0.1) is 15.1 Å². The number of carbonyl (C=O) groups excluding carboxylic acids is 1. The molecule has 0 bridgehead atoms. The maximum Gasteiger partial charge on any atom is 0.279 e. The molecule has 4 aromatic rings. The predicted octanol–water partition coefficient (Wildman–Crippen LogP) is 5.14. The third kappa shape index (κ3) is 4.69. The lowest BCUT2D eigenvalue weighted by Crippen LogP contribution is -2.35. The molecule has 0 unspecified atom stereocenters. The fraction of sp³-hybridized carbons (Fsp3) is 0.154. The number of fused-ring (bicyclic) bond motifs is 2. The van der Waals surface area contributed by atoms with E-state index in [1.165, 1.54) is 45.5 Å². The summed E-state index contributed by atoms with van der Waals surface area (Å²) in [6, 6.07) is 19.8. The van der Waals surface area contributed by atoms with Gasteiger partial charge >= 0.3 is 0 Å². The van der Waals surface area contributed by atoms with Crippen LogP contribution in [0.4, 0.5) is 0 Å². The number of allylic oxidation sites excluding steroid dienone is 1. The van der Waals surface area contributed by atoms with Crippen molar-refractivity contribution in [2.24, 2.45) is 4.99 Å². The number of amides is 1. The van der Waals surface area contributed by atoms with Crippen LogP contribution >= 0.6 is 27.3 Å². The highest BCUT2D eigenvalue weighted by atomic mass is 79.9. The van der Waals surface area contributed by atoms with Crippen LogP contribution in [-0.4, -0.2) is 29.7 Å². The molecule has 35 heavy (non-hydrogen) atoms. The van der Waals surface area contributed by atoms with Crippen LogP contribution in [0.5, 0.6) is 0 Å². The zero-order chi connectivity index (χ0) is 24.6. The maximum atomic E-state index is 13.2. The minimum atomic E-state index is -3.67. The van der Waals surface area contributed by atoms with Crippen molar-refractivity contribution in [1.82, 2.24) is 8.87 Å². The normalized spacial score (nSPS) is 14.7. The Morgan fingerprint density at radius 2 is 1.83 bits per heavy atom. The van der Waals surface area contributed by atoms with Crippen molar-refractivity contribution in [3.63, 3.8) is 0 Å². The molecule has 0 aliphatic carbocycles. The topological polar surface area (TPSA) is 71.7 Å². The molecule has 0 fully saturated rings. The first-order valence-electron chi connectivity index (χ1n) is 11.0. The van der Waals surface area contributed by atoms with Gasteiger partial charge in [0.15, 0.2) is 4.80 Å². The molecule has 1 amide bonds. The highest BCUT2D eigenvalue weighted by Crippen LogP contribution is 2.25. The Morgan fingerprint density at radius 1 is 1.09 bits per heavy atom. The van der Waals surface area contributed by atoms with Crippen molar-refractivity contribution in [1.29, 1.82) is 0 Å². The van der Waals surface area contributed by atoms with Gasteiger partial charge < -0.3 is 4.57 Å². The van der Waals surface area contributed by atoms with Crippen LogP contribution in [0.1, 0.15) is 21.5 Å². The average molecular weight is 569 g/mol. The van der Waals surface area contributed by atoms with Crippen molar-refractivity contribution in [3.8, 4) is 0 Å². The van der Waals surface area contributed by atoms with Gasteiger partial charge in [0, 0.05) is 29.7 Å². The van der Waals surface area contributed by atoms with Crippen LogP contribution < -0.4 is 4.80 Å². The van der Waals surface area contributed by atoms with Crippen molar-refractivity contribution in [2.45, 2.75) is 24.4 Å². The lowest BCUT2D eigenvalue weighted by atomic mass is 10.0. The lowest BCUT2D eigenvalue weighted by molar-refractivity contribution is 0.0997. The Kier molecular flexibility index (Phi) is 6.59. The summed E-state index contributed by atoms with van der Waals surface area (Å²) in [5.74, 6) is -0.427. The smallest absolute Gasteiger partial charge is 0.279 e. The Bertz CT molecular complexity index is 1620. The maximum absolute atomic E-state index is 13.2. The molecule has 0 saturated heterocycles. The summed E-state index contributed by atoms with van der Waals surface area (Å²) in [6.45, 7) is 5.11. The molecule has 5 rings (SSSR count). The van der Waals surface area contributed by atoms with Crippen molar-refractivity contribution < 1.29 is 13.2 Å². The highest BCUT2D eigenvalue weighted by molar-refractivity contribution is 9.10. The lowest BCUT2D eigenvalue weighted by Gasteiger charge is -2.28. The third-order valence-electron chi connectivity index (χ3n) is 5.99. The van der Waals surface area contributed by atoms with Crippen molar-refractivity contribution >= 4 is 53.4 Å². The summed E-state index contributed by atoms with van der Waals surface area (Å²) in [6.07, 6.45) is 2.44. The van der Waals surface area contributed by atoms with Crippen molar-refractivity contribution in [2.75, 3.05) is 6.54 Å². The molecule has 0 atom stereocenters. The Hall–Kier alpha value is -2.85. The second-order valence-corrected chi connectivity index (χ2v) is 12.1. The van der Waals surface area contributed by atoms with Gasteiger partial charge in [0.25, 0.3) is 5.91 Å². The summed E-state index contributed by atoms with van der Waals surface area (Å²) in [5, 5.41) is 0. The minimum absolute atomic E-state index is 0.168. The van der Waals surface area contributed by atoms with Gasteiger partial charge in [-0.1, -0.05) is 57.6 Å². The molecule has 3 aromatic carbocycles. The summed E-state index contributed by atoms with van der Waals surface area (Å²) in [4.78, 5) is 18.0. The number of carbonyl (C=O) groups is 1. The molecule has 0 radical (unpaired) electrons. The molecule has 1 aromatic heterocycles. The van der Waals surface area contributed by atoms with E-state index in [0.717, 1.165) is 20.3 Å². The number of rotatable bonds is 5. The average Bonchev–Trinajstić information content (AvgIpc) is 3.19. The molecular formula is C26H22BrN3O3S2. The molecule has 6 nitrogen and oxygen atoms in total. The van der Waals surface area contributed by atoms with Gasteiger partial charge in [-0.15, -0.1) is 6.58 Å². The van der Waals surface area contributed by atoms with E-state index in [4.69, 9.17) is 0 Å². The number of benzene rings is 3. The van der Waals surface area contributed by atoms with Crippen molar-refractivity contribution in [3.05, 3.63) is 105 Å². The van der Waals surface area contributed by atoms with E-state index in [0.29, 0.717) is 36.4 Å². The van der Waals surface area contributed by atoms with Crippen LogP contribution in [-0.2, 0) is 29.5 Å². The van der Waals surface area contributed by atoms with Gasteiger partial charge in [0.2, 0.25) is 10.0 Å². The molecule has 0 N–H and O–H groups in total. The van der Waals surface area contributed by atoms with E-state index in [1.54, 1.807) is 6.08 Å². The first-order chi connectivity index (χ1) is 16.9. The molecule has 2 heterocycles. The summed E-state index contributed by atoms with van der Waals surface area (Å²) in [7, 11) is -3.67. The zero-order valence-electron chi connectivity index (χ0n) is 18.7. The van der Waals surface area contributed by atoms with Crippen LogP contribution in [0.15, 0.2) is 93.7 Å². The molecule has 0 spiro atoms. The number of thiazole rings is 1. The van der Waals surface area contributed by atoms with Gasteiger partial charge in [0.1, 0.15) is 0 Å². The minimum Gasteiger partial charge on any atom is -0.312 e. The summed E-state index contributed by atoms with van der Waals surface area (Å²) in [5.41, 5.74) is 3.51. The van der Waals surface area contributed by atoms with E-state index in [9.17, 15) is 13.2 Å².